The smallest absolute Gasteiger partial charge is 0.324 e. The van der Waals surface area contributed by atoms with Crippen LogP contribution in [0.25, 0.3) is 10.4 Å². The highest BCUT2D eigenvalue weighted by Crippen LogP contribution is 2.23. The fourth-order valence-corrected chi connectivity index (χ4v) is 1.64. The second-order valence-electron chi connectivity index (χ2n) is 3.59. The summed E-state index contributed by atoms with van der Waals surface area (Å²) in [5.41, 5.74) is 8.20. The summed E-state index contributed by atoms with van der Waals surface area (Å²) < 4.78 is 5.17. The largest absolute Gasteiger partial charge is 0.408 e. The summed E-state index contributed by atoms with van der Waals surface area (Å²) in [7, 11) is 0. The van der Waals surface area contributed by atoms with Gasteiger partial charge >= 0.3 is 6.01 Å². The molecule has 0 aliphatic carbocycles. The molecule has 84 valence electrons. The molecule has 2 heterocycles. The lowest BCUT2D eigenvalue weighted by molar-refractivity contribution is -0.117. The van der Waals surface area contributed by atoms with E-state index in [9.17, 15) is 4.79 Å². The lowest BCUT2D eigenvalue weighted by Gasteiger charge is -2.09. The lowest BCUT2D eigenvalue weighted by Crippen LogP contribution is -2.25. The quantitative estimate of drug-likeness (QED) is 0.432. The average molecular weight is 222 g/mol. The Balaban J connectivity index is 2.07. The standard InChI is InChI=1S/C8H10N6O2/c1-5-11-12-8(16-5)14-4-6(2-7(14)15)3-10-13-9/h6H,2-4H2,1H3. The average Bonchev–Trinajstić information content (AvgIpc) is 2.82. The number of hydrogen-bond acceptors (Lipinski definition) is 5. The maximum atomic E-state index is 11.6. The third-order valence-electron chi connectivity index (χ3n) is 2.35. The topological polar surface area (TPSA) is 108 Å². The number of aryl methyl sites for hydroxylation is 1. The number of carbonyl (C=O) groups is 1. The molecule has 1 aromatic heterocycles. The van der Waals surface area contributed by atoms with Crippen molar-refractivity contribution >= 4 is 11.9 Å². The molecule has 1 saturated heterocycles. The van der Waals surface area contributed by atoms with E-state index in [-0.39, 0.29) is 17.8 Å². The third-order valence-corrected chi connectivity index (χ3v) is 2.35. The van der Waals surface area contributed by atoms with Gasteiger partial charge in [-0.05, 0) is 11.4 Å². The molecule has 1 amide bonds. The van der Waals surface area contributed by atoms with E-state index < -0.39 is 0 Å². The maximum Gasteiger partial charge on any atom is 0.324 e. The van der Waals surface area contributed by atoms with Crippen LogP contribution < -0.4 is 4.90 Å². The predicted molar refractivity (Wildman–Crippen MR) is 53.5 cm³/mol. The Morgan fingerprint density at radius 2 is 2.50 bits per heavy atom. The zero-order valence-corrected chi connectivity index (χ0v) is 8.70. The van der Waals surface area contributed by atoms with E-state index in [2.05, 4.69) is 20.2 Å². The van der Waals surface area contributed by atoms with Crippen molar-refractivity contribution in [1.29, 1.82) is 0 Å². The van der Waals surface area contributed by atoms with Gasteiger partial charge in [0, 0.05) is 31.3 Å². The molecule has 1 unspecified atom stereocenters. The number of azide groups is 1. The fourth-order valence-electron chi connectivity index (χ4n) is 1.64. The number of aromatic nitrogens is 2. The van der Waals surface area contributed by atoms with Gasteiger partial charge in [0.15, 0.2) is 0 Å². The van der Waals surface area contributed by atoms with Gasteiger partial charge < -0.3 is 4.42 Å². The van der Waals surface area contributed by atoms with Gasteiger partial charge in [0.2, 0.25) is 11.8 Å². The SMILES string of the molecule is Cc1nnc(N2CC(CN=[N+]=[N-])CC2=O)o1. The van der Waals surface area contributed by atoms with Gasteiger partial charge in [0.25, 0.3) is 0 Å². The van der Waals surface area contributed by atoms with E-state index in [1.807, 2.05) is 0 Å². The van der Waals surface area contributed by atoms with Crippen molar-refractivity contribution in [3.05, 3.63) is 16.3 Å². The minimum absolute atomic E-state index is 0.0237. The molecule has 1 aliphatic heterocycles. The zero-order chi connectivity index (χ0) is 11.5. The van der Waals surface area contributed by atoms with Crippen LogP contribution in [-0.4, -0.2) is 29.2 Å². The van der Waals surface area contributed by atoms with Crippen LogP contribution in [-0.2, 0) is 4.79 Å². The molecule has 16 heavy (non-hydrogen) atoms. The van der Waals surface area contributed by atoms with Gasteiger partial charge in [0.05, 0.1) is 0 Å². The molecular weight excluding hydrogens is 212 g/mol. The number of amides is 1. The minimum Gasteiger partial charge on any atom is -0.408 e. The van der Waals surface area contributed by atoms with Gasteiger partial charge in [-0.25, -0.2) is 0 Å². The fraction of sp³-hybridized carbons (Fsp3) is 0.625. The Hall–Kier alpha value is -2.08. The summed E-state index contributed by atoms with van der Waals surface area (Å²) in [4.78, 5) is 15.7. The zero-order valence-electron chi connectivity index (χ0n) is 8.70. The van der Waals surface area contributed by atoms with Crippen LogP contribution in [0, 0.1) is 12.8 Å². The number of hydrogen-bond donors (Lipinski definition) is 0. The molecule has 8 nitrogen and oxygen atoms in total. The summed E-state index contributed by atoms with van der Waals surface area (Å²) in [5.74, 6) is 0.360. The molecule has 1 fully saturated rings. The van der Waals surface area contributed by atoms with Crippen LogP contribution in [0.5, 0.6) is 0 Å². The Bertz CT molecular complexity index is 449. The van der Waals surface area contributed by atoms with Crippen LogP contribution in [0.4, 0.5) is 6.01 Å². The Morgan fingerprint density at radius 3 is 3.12 bits per heavy atom. The normalized spacial score (nSPS) is 19.9. The van der Waals surface area contributed by atoms with E-state index in [1.54, 1.807) is 6.92 Å². The Kier molecular flexibility index (Phi) is 2.74. The van der Waals surface area contributed by atoms with Gasteiger partial charge in [-0.2, -0.15) is 0 Å². The number of rotatable bonds is 3. The van der Waals surface area contributed by atoms with Crippen LogP contribution in [0.2, 0.25) is 0 Å². The maximum absolute atomic E-state index is 11.6. The highest BCUT2D eigenvalue weighted by Gasteiger charge is 2.33. The molecule has 0 radical (unpaired) electrons. The van der Waals surface area contributed by atoms with Gasteiger partial charge in [-0.15, -0.1) is 5.10 Å². The molecular formula is C8H10N6O2. The van der Waals surface area contributed by atoms with Gasteiger partial charge in [-0.3, -0.25) is 9.69 Å². The second kappa shape index (κ2) is 4.19. The third kappa shape index (κ3) is 1.96. The molecule has 0 bridgehead atoms. The first-order chi connectivity index (χ1) is 7.70. The van der Waals surface area contributed by atoms with E-state index in [0.717, 1.165) is 0 Å². The molecule has 2 rings (SSSR count). The first kappa shape index (κ1) is 10.4. The summed E-state index contributed by atoms with van der Waals surface area (Å²) >= 11 is 0. The Labute approximate surface area is 90.9 Å². The molecule has 1 atom stereocenters. The Morgan fingerprint density at radius 1 is 1.69 bits per heavy atom. The summed E-state index contributed by atoms with van der Waals surface area (Å²) in [5, 5.41) is 10.9. The first-order valence-corrected chi connectivity index (χ1v) is 4.82. The number of nitrogens with zero attached hydrogens (tertiary/aromatic N) is 6. The monoisotopic (exact) mass is 222 g/mol. The van der Waals surface area contributed by atoms with Crippen LogP contribution in [0.1, 0.15) is 12.3 Å². The van der Waals surface area contributed by atoms with Crippen molar-refractivity contribution in [3.8, 4) is 0 Å². The highest BCUT2D eigenvalue weighted by molar-refractivity contribution is 5.93. The van der Waals surface area contributed by atoms with Crippen molar-refractivity contribution < 1.29 is 9.21 Å². The van der Waals surface area contributed by atoms with E-state index in [4.69, 9.17) is 9.95 Å². The molecule has 0 spiro atoms. The number of anilines is 1. The molecule has 1 aromatic rings. The van der Waals surface area contributed by atoms with Gasteiger partial charge in [0.1, 0.15) is 0 Å². The van der Waals surface area contributed by atoms with Crippen LogP contribution in [0.15, 0.2) is 9.53 Å². The minimum atomic E-state index is -0.0817. The van der Waals surface area contributed by atoms with E-state index in [0.29, 0.717) is 25.4 Å². The first-order valence-electron chi connectivity index (χ1n) is 4.82. The molecule has 8 heteroatoms. The van der Waals surface area contributed by atoms with Crippen LogP contribution in [0.3, 0.4) is 0 Å². The molecule has 1 aliphatic rings. The predicted octanol–water partition coefficient (Wildman–Crippen LogP) is 1.04. The highest BCUT2D eigenvalue weighted by atomic mass is 16.4. The molecule has 0 N–H and O–H groups in total. The van der Waals surface area contributed by atoms with Crippen LogP contribution >= 0.6 is 0 Å². The van der Waals surface area contributed by atoms with Crippen molar-refractivity contribution in [2.45, 2.75) is 13.3 Å². The van der Waals surface area contributed by atoms with Crippen molar-refractivity contribution in [2.75, 3.05) is 18.0 Å². The number of carbonyl (C=O) groups excluding carboxylic acids is 1. The lowest BCUT2D eigenvalue weighted by atomic mass is 10.1. The summed E-state index contributed by atoms with van der Waals surface area (Å²) in [6.45, 7) is 2.43. The summed E-state index contributed by atoms with van der Waals surface area (Å²) in [6.07, 6.45) is 0.348. The van der Waals surface area contributed by atoms with E-state index >= 15 is 0 Å². The van der Waals surface area contributed by atoms with Gasteiger partial charge in [-0.1, -0.05) is 10.2 Å². The van der Waals surface area contributed by atoms with Crippen molar-refractivity contribution in [1.82, 2.24) is 10.2 Å². The molecule has 0 saturated carbocycles. The second-order valence-corrected chi connectivity index (χ2v) is 3.59. The molecule has 0 aromatic carbocycles. The van der Waals surface area contributed by atoms with Crippen molar-refractivity contribution in [2.24, 2.45) is 11.0 Å². The van der Waals surface area contributed by atoms with E-state index in [1.165, 1.54) is 4.90 Å². The summed E-state index contributed by atoms with van der Waals surface area (Å²) in [6, 6.07) is 0.214. The van der Waals surface area contributed by atoms with Crippen molar-refractivity contribution in [3.63, 3.8) is 0 Å².